The molecule has 1 aromatic rings. The van der Waals surface area contributed by atoms with Crippen LogP contribution in [-0.4, -0.2) is 35.6 Å². The first-order valence-corrected chi connectivity index (χ1v) is 6.77. The third-order valence-corrected chi connectivity index (χ3v) is 3.73. The van der Waals surface area contributed by atoms with Crippen LogP contribution in [0.3, 0.4) is 0 Å². The zero-order valence-corrected chi connectivity index (χ0v) is 10.5. The number of ether oxygens (including phenoxy) is 1. The fraction of sp³-hybridized carbons (Fsp3) is 0.692. The van der Waals surface area contributed by atoms with E-state index in [-0.39, 0.29) is 11.7 Å². The minimum absolute atomic E-state index is 0.0186. The summed E-state index contributed by atoms with van der Waals surface area (Å²) in [5, 5.41) is 4.27. The van der Waals surface area contributed by atoms with Crippen molar-refractivity contribution in [3.05, 3.63) is 22.6 Å². The van der Waals surface area contributed by atoms with E-state index in [0.717, 1.165) is 38.2 Å². The molecule has 2 aliphatic heterocycles. The maximum atomic E-state index is 12.0. The Labute approximate surface area is 106 Å². The summed E-state index contributed by atoms with van der Waals surface area (Å²) in [6, 6.07) is 1.70. The highest BCUT2D eigenvalue weighted by Gasteiger charge is 2.18. The van der Waals surface area contributed by atoms with E-state index in [2.05, 4.69) is 10.00 Å². The first-order chi connectivity index (χ1) is 8.83. The van der Waals surface area contributed by atoms with E-state index in [0.29, 0.717) is 6.54 Å². The second-order valence-corrected chi connectivity index (χ2v) is 5.06. The molecule has 1 aromatic heterocycles. The van der Waals surface area contributed by atoms with Gasteiger partial charge in [0.1, 0.15) is 0 Å². The van der Waals surface area contributed by atoms with Gasteiger partial charge in [-0.1, -0.05) is 0 Å². The van der Waals surface area contributed by atoms with Crippen molar-refractivity contribution in [3.63, 3.8) is 0 Å². The van der Waals surface area contributed by atoms with Crippen LogP contribution in [0, 0.1) is 0 Å². The molecular weight excluding hydrogens is 230 g/mol. The van der Waals surface area contributed by atoms with Crippen LogP contribution in [0.2, 0.25) is 0 Å². The van der Waals surface area contributed by atoms with Gasteiger partial charge in [-0.25, -0.2) is 4.68 Å². The molecule has 0 bridgehead atoms. The molecule has 0 amide bonds. The van der Waals surface area contributed by atoms with E-state index in [4.69, 9.17) is 4.74 Å². The zero-order chi connectivity index (χ0) is 12.4. The second-order valence-electron chi connectivity index (χ2n) is 5.06. The summed E-state index contributed by atoms with van der Waals surface area (Å²) >= 11 is 0. The predicted octanol–water partition coefficient (Wildman–Crippen LogP) is 1.02. The van der Waals surface area contributed by atoms with Gasteiger partial charge < -0.3 is 9.64 Å². The van der Waals surface area contributed by atoms with Crippen LogP contribution < -0.4 is 10.5 Å². The summed E-state index contributed by atoms with van der Waals surface area (Å²) in [6.45, 7) is 3.47. The lowest BCUT2D eigenvalue weighted by Gasteiger charge is -2.17. The third kappa shape index (κ3) is 2.41. The lowest BCUT2D eigenvalue weighted by molar-refractivity contribution is 0.0927. The van der Waals surface area contributed by atoms with Crippen molar-refractivity contribution in [2.24, 2.45) is 0 Å². The van der Waals surface area contributed by atoms with E-state index in [1.807, 2.05) is 6.20 Å². The van der Waals surface area contributed by atoms with Gasteiger partial charge in [0.2, 0.25) is 0 Å². The Bertz CT molecular complexity index is 460. The van der Waals surface area contributed by atoms with Gasteiger partial charge in [-0.15, -0.1) is 0 Å². The average Bonchev–Trinajstić information content (AvgIpc) is 3.04. The molecule has 0 saturated carbocycles. The lowest BCUT2D eigenvalue weighted by atomic mass is 10.2. The molecule has 2 saturated heterocycles. The maximum Gasteiger partial charge on any atom is 0.268 e. The summed E-state index contributed by atoms with van der Waals surface area (Å²) in [4.78, 5) is 14.2. The first-order valence-electron chi connectivity index (χ1n) is 6.77. The molecule has 98 valence electrons. The van der Waals surface area contributed by atoms with Crippen molar-refractivity contribution >= 4 is 5.69 Å². The van der Waals surface area contributed by atoms with Crippen molar-refractivity contribution in [2.75, 3.05) is 24.6 Å². The molecule has 0 radical (unpaired) electrons. The van der Waals surface area contributed by atoms with E-state index in [1.54, 1.807) is 6.07 Å². The molecular formula is C13H19N3O2. The summed E-state index contributed by atoms with van der Waals surface area (Å²) in [6.07, 6.45) is 6.50. The monoisotopic (exact) mass is 249 g/mol. The van der Waals surface area contributed by atoms with E-state index in [9.17, 15) is 4.79 Å². The maximum absolute atomic E-state index is 12.0. The van der Waals surface area contributed by atoms with Crippen LogP contribution in [0.1, 0.15) is 25.7 Å². The van der Waals surface area contributed by atoms with Crippen LogP contribution in [0.15, 0.2) is 17.1 Å². The quantitative estimate of drug-likeness (QED) is 0.802. The summed E-state index contributed by atoms with van der Waals surface area (Å²) in [7, 11) is 0. The average molecular weight is 249 g/mol. The molecule has 0 N–H and O–H groups in total. The van der Waals surface area contributed by atoms with Gasteiger partial charge in [-0.05, 0) is 25.7 Å². The van der Waals surface area contributed by atoms with E-state index >= 15 is 0 Å². The van der Waals surface area contributed by atoms with Gasteiger partial charge in [0.25, 0.3) is 5.56 Å². The Hall–Kier alpha value is -1.36. The normalized spacial score (nSPS) is 23.8. The van der Waals surface area contributed by atoms with Crippen LogP contribution in [0.5, 0.6) is 0 Å². The number of aromatic nitrogens is 2. The smallest absolute Gasteiger partial charge is 0.268 e. The van der Waals surface area contributed by atoms with Gasteiger partial charge in [0.15, 0.2) is 0 Å². The van der Waals surface area contributed by atoms with Crippen LogP contribution in [-0.2, 0) is 11.3 Å². The van der Waals surface area contributed by atoms with Gasteiger partial charge >= 0.3 is 0 Å². The fourth-order valence-electron chi connectivity index (χ4n) is 2.69. The predicted molar refractivity (Wildman–Crippen MR) is 68.9 cm³/mol. The van der Waals surface area contributed by atoms with Gasteiger partial charge in [-0.2, -0.15) is 5.10 Å². The molecule has 1 unspecified atom stereocenters. The number of hydrogen-bond donors (Lipinski definition) is 0. The number of nitrogens with zero attached hydrogens (tertiary/aromatic N) is 3. The van der Waals surface area contributed by atoms with E-state index in [1.165, 1.54) is 17.5 Å². The summed E-state index contributed by atoms with van der Waals surface area (Å²) < 4.78 is 7.06. The minimum atomic E-state index is -0.0186. The van der Waals surface area contributed by atoms with Gasteiger partial charge in [0.05, 0.1) is 24.5 Å². The standard InChI is InChI=1S/C13H19N3O2/c17-13-8-11(15-5-1-2-6-15)9-14-16(13)10-12-4-3-7-18-12/h8-9,12H,1-7,10H2. The van der Waals surface area contributed by atoms with Crippen molar-refractivity contribution in [3.8, 4) is 0 Å². The van der Waals surface area contributed by atoms with Gasteiger partial charge in [-0.3, -0.25) is 4.79 Å². The first kappa shape index (κ1) is 11.7. The SMILES string of the molecule is O=c1cc(N2CCCC2)cnn1CC1CCCO1. The highest BCUT2D eigenvalue weighted by atomic mass is 16.5. The highest BCUT2D eigenvalue weighted by Crippen LogP contribution is 2.17. The molecule has 5 nitrogen and oxygen atoms in total. The molecule has 18 heavy (non-hydrogen) atoms. The summed E-state index contributed by atoms with van der Waals surface area (Å²) in [5.41, 5.74) is 0.941. The second kappa shape index (κ2) is 5.10. The fourth-order valence-corrected chi connectivity index (χ4v) is 2.69. The van der Waals surface area contributed by atoms with Crippen molar-refractivity contribution < 1.29 is 4.74 Å². The Morgan fingerprint density at radius 2 is 2.17 bits per heavy atom. The molecule has 5 heteroatoms. The topological polar surface area (TPSA) is 47.4 Å². The van der Waals surface area contributed by atoms with Crippen LogP contribution in [0.25, 0.3) is 0 Å². The molecule has 2 aliphatic rings. The number of rotatable bonds is 3. The molecule has 0 aromatic carbocycles. The molecule has 2 fully saturated rings. The van der Waals surface area contributed by atoms with E-state index < -0.39 is 0 Å². The molecule has 3 heterocycles. The third-order valence-electron chi connectivity index (χ3n) is 3.73. The Kier molecular flexibility index (Phi) is 3.32. The molecule has 0 spiro atoms. The Morgan fingerprint density at radius 3 is 2.83 bits per heavy atom. The zero-order valence-electron chi connectivity index (χ0n) is 10.5. The van der Waals surface area contributed by atoms with Crippen molar-refractivity contribution in [1.29, 1.82) is 0 Å². The van der Waals surface area contributed by atoms with Crippen molar-refractivity contribution in [1.82, 2.24) is 9.78 Å². The Morgan fingerprint density at radius 1 is 1.33 bits per heavy atom. The minimum Gasteiger partial charge on any atom is -0.376 e. The molecule has 0 aliphatic carbocycles. The Balaban J connectivity index is 1.73. The molecule has 3 rings (SSSR count). The van der Waals surface area contributed by atoms with Gasteiger partial charge in [0, 0.05) is 25.8 Å². The largest absolute Gasteiger partial charge is 0.376 e. The number of anilines is 1. The van der Waals surface area contributed by atoms with Crippen LogP contribution >= 0.6 is 0 Å². The highest BCUT2D eigenvalue weighted by molar-refractivity contribution is 5.43. The van der Waals surface area contributed by atoms with Crippen molar-refractivity contribution in [2.45, 2.75) is 38.3 Å². The molecule has 1 atom stereocenters. The summed E-state index contributed by atoms with van der Waals surface area (Å²) in [5.74, 6) is 0. The van der Waals surface area contributed by atoms with Crippen LogP contribution in [0.4, 0.5) is 5.69 Å². The lowest BCUT2D eigenvalue weighted by Crippen LogP contribution is -2.29. The number of hydrogen-bond acceptors (Lipinski definition) is 4.